The van der Waals surface area contributed by atoms with E-state index in [1.165, 1.54) is 133 Å². The van der Waals surface area contributed by atoms with E-state index in [9.17, 15) is 0 Å². The first-order chi connectivity index (χ1) is 30.0. The van der Waals surface area contributed by atoms with Crippen LogP contribution in [-0.4, -0.2) is 11.4 Å². The van der Waals surface area contributed by atoms with Crippen LogP contribution < -0.4 is 15.7 Å². The van der Waals surface area contributed by atoms with Crippen LogP contribution in [0.3, 0.4) is 0 Å². The Morgan fingerprint density at radius 2 is 0.984 bits per heavy atom. The Morgan fingerprint density at radius 1 is 0.419 bits per heavy atom. The molecule has 6 heteroatoms. The second-order valence-electron chi connectivity index (χ2n) is 19.7. The number of aromatic nitrogens is 1. The average Bonchev–Trinajstić information content (AvgIpc) is 4.01. The van der Waals surface area contributed by atoms with E-state index in [1.807, 2.05) is 34.0 Å². The van der Waals surface area contributed by atoms with Crippen LogP contribution in [0.1, 0.15) is 52.7 Å². The lowest BCUT2D eigenvalue weighted by Gasteiger charge is -2.42. The van der Waals surface area contributed by atoms with Crippen LogP contribution in [-0.2, 0) is 10.8 Å². The largest absolute Gasteiger partial charge is 0.376 e. The van der Waals surface area contributed by atoms with Gasteiger partial charge in [0.25, 0.3) is 0 Å². The number of fused-ring (bicyclic) bond motifs is 17. The molecule has 0 amide bonds. The molecule has 0 unspecified atom stereocenters. The third-order valence-corrected chi connectivity index (χ3v) is 17.5. The molecular weight excluding hydrogens is 808 g/mol. The number of thiophene rings is 3. The van der Waals surface area contributed by atoms with E-state index < -0.39 is 0 Å². The first kappa shape index (κ1) is 35.7. The third kappa shape index (κ3) is 4.70. The van der Waals surface area contributed by atoms with Crippen molar-refractivity contribution in [2.24, 2.45) is 0 Å². The van der Waals surface area contributed by atoms with E-state index in [0.717, 1.165) is 0 Å². The number of nitrogens with zero attached hydrogens (tertiary/aromatic N) is 2. The summed E-state index contributed by atoms with van der Waals surface area (Å²) in [5, 5.41) is 10.7. The van der Waals surface area contributed by atoms with Gasteiger partial charge in [-0.15, -0.1) is 34.0 Å². The Labute approximate surface area is 372 Å². The van der Waals surface area contributed by atoms with Crippen molar-refractivity contribution in [2.75, 3.05) is 4.81 Å². The van der Waals surface area contributed by atoms with Crippen LogP contribution in [0.5, 0.6) is 0 Å². The maximum absolute atomic E-state index is 2.71. The van der Waals surface area contributed by atoms with Crippen LogP contribution in [0.15, 0.2) is 140 Å². The fourth-order valence-corrected chi connectivity index (χ4v) is 14.4. The van der Waals surface area contributed by atoms with Gasteiger partial charge in [0, 0.05) is 93.9 Å². The van der Waals surface area contributed by atoms with Crippen molar-refractivity contribution in [3.63, 3.8) is 0 Å². The Kier molecular flexibility index (Phi) is 6.88. The molecular formula is C56H41BN2S3. The van der Waals surface area contributed by atoms with E-state index >= 15 is 0 Å². The fraction of sp³-hybridized carbons (Fsp3) is 0.143. The molecule has 2 nitrogen and oxygen atoms in total. The van der Waals surface area contributed by atoms with Gasteiger partial charge in [-0.2, -0.15) is 0 Å². The number of hydrogen-bond acceptors (Lipinski definition) is 4. The van der Waals surface area contributed by atoms with Gasteiger partial charge >= 0.3 is 6.85 Å². The summed E-state index contributed by atoms with van der Waals surface area (Å²) in [5.74, 6) is 0. The minimum absolute atomic E-state index is 0.0418. The lowest BCUT2D eigenvalue weighted by atomic mass is 9.44. The number of anilines is 2. The summed E-state index contributed by atoms with van der Waals surface area (Å²) in [6.45, 7) is 13.8. The van der Waals surface area contributed by atoms with E-state index in [1.54, 1.807) is 0 Å². The van der Waals surface area contributed by atoms with Gasteiger partial charge in [-0.1, -0.05) is 114 Å². The molecule has 296 valence electrons. The van der Waals surface area contributed by atoms with E-state index in [2.05, 4.69) is 190 Å². The third-order valence-electron chi connectivity index (χ3n) is 14.1. The SMILES string of the molecule is CC(C)(C)c1ccc(N2B3c4cc5sc6ccccc6c5cc4-n4c5cc6c(cc5c5ccc(c3c54)-c3cc4sc5cc(C(C)(C)C)ccc5c4cc32)sc2ccccc26)cc1. The average molecular weight is 849 g/mol. The van der Waals surface area contributed by atoms with Gasteiger partial charge in [0.2, 0.25) is 0 Å². The highest BCUT2D eigenvalue weighted by Crippen LogP contribution is 2.50. The maximum atomic E-state index is 2.71. The monoisotopic (exact) mass is 848 g/mol. The molecule has 0 N–H and O–H groups in total. The second-order valence-corrected chi connectivity index (χ2v) is 23.0. The second kappa shape index (κ2) is 12.0. The highest BCUT2D eigenvalue weighted by Gasteiger charge is 2.44. The van der Waals surface area contributed by atoms with Crippen LogP contribution in [0.4, 0.5) is 11.4 Å². The zero-order valence-corrected chi connectivity index (χ0v) is 37.9. The molecule has 0 atom stereocenters. The van der Waals surface area contributed by atoms with Crippen LogP contribution in [0.25, 0.3) is 99.1 Å². The molecule has 8 aromatic carbocycles. The molecule has 12 aromatic rings. The Bertz CT molecular complexity index is 3960. The van der Waals surface area contributed by atoms with Crippen LogP contribution in [0, 0.1) is 0 Å². The quantitative estimate of drug-likeness (QED) is 0.149. The molecule has 2 aliphatic rings. The molecule has 62 heavy (non-hydrogen) atoms. The highest BCUT2D eigenvalue weighted by atomic mass is 32.1. The molecule has 14 rings (SSSR count). The summed E-state index contributed by atoms with van der Waals surface area (Å²) in [6, 6.07) is 54.6. The number of hydrogen-bond donors (Lipinski definition) is 0. The molecule has 0 fully saturated rings. The predicted molar refractivity (Wildman–Crippen MR) is 276 cm³/mol. The molecule has 0 bridgehead atoms. The molecule has 0 spiro atoms. The normalized spacial score (nSPS) is 13.9. The molecule has 0 aliphatic carbocycles. The lowest BCUT2D eigenvalue weighted by molar-refractivity contribution is 0.590. The van der Waals surface area contributed by atoms with Crippen molar-refractivity contribution in [1.82, 2.24) is 4.57 Å². The highest BCUT2D eigenvalue weighted by molar-refractivity contribution is 7.26. The molecule has 0 saturated heterocycles. The van der Waals surface area contributed by atoms with E-state index in [4.69, 9.17) is 0 Å². The summed E-state index contributed by atoms with van der Waals surface area (Å²) in [5.41, 5.74) is 14.7. The summed E-state index contributed by atoms with van der Waals surface area (Å²) >= 11 is 5.77. The van der Waals surface area contributed by atoms with Crippen molar-refractivity contribution in [3.05, 3.63) is 151 Å². The van der Waals surface area contributed by atoms with Crippen molar-refractivity contribution >= 4 is 145 Å². The van der Waals surface area contributed by atoms with Crippen molar-refractivity contribution in [1.29, 1.82) is 0 Å². The van der Waals surface area contributed by atoms with Gasteiger partial charge in [0.1, 0.15) is 0 Å². The predicted octanol–water partition coefficient (Wildman–Crippen LogP) is 15.7. The minimum Gasteiger partial charge on any atom is -0.376 e. The Balaban J connectivity index is 1.15. The molecule has 4 aromatic heterocycles. The van der Waals surface area contributed by atoms with E-state index in [-0.39, 0.29) is 17.7 Å². The summed E-state index contributed by atoms with van der Waals surface area (Å²) in [4.78, 5) is 2.71. The molecule has 0 saturated carbocycles. The van der Waals surface area contributed by atoms with Crippen LogP contribution in [0.2, 0.25) is 0 Å². The standard InChI is InChI=1S/C56H41BN2S3/c1-55(2,3)30-15-18-32(19-16-30)59-45-25-41-35-20-17-31(56(4,5)6)23-49(35)62-51(41)27-38(45)36-21-22-37-39-28-50-40(33-11-7-9-13-47(33)60-50)24-44(39)58-46-26-42-34-12-8-10-14-48(34)61-52(42)29-43(46)57(59)53(36)54(37)58/h7-29H,1-6H3. The van der Waals surface area contributed by atoms with Gasteiger partial charge in [0.05, 0.1) is 11.0 Å². The van der Waals surface area contributed by atoms with Gasteiger partial charge in [-0.05, 0) is 105 Å². The smallest absolute Gasteiger partial charge is 0.333 e. The van der Waals surface area contributed by atoms with Gasteiger partial charge in [0.15, 0.2) is 0 Å². The number of benzene rings is 8. The Morgan fingerprint density at radius 3 is 1.69 bits per heavy atom. The fourth-order valence-electron chi connectivity index (χ4n) is 11.0. The van der Waals surface area contributed by atoms with Crippen molar-refractivity contribution < 1.29 is 0 Å². The van der Waals surface area contributed by atoms with Crippen molar-refractivity contribution in [2.45, 2.75) is 52.4 Å². The summed E-state index contributed by atoms with van der Waals surface area (Å²) in [6.07, 6.45) is 0. The van der Waals surface area contributed by atoms with Gasteiger partial charge in [-0.25, -0.2) is 0 Å². The zero-order chi connectivity index (χ0) is 41.6. The van der Waals surface area contributed by atoms with Crippen LogP contribution >= 0.6 is 34.0 Å². The number of rotatable bonds is 1. The van der Waals surface area contributed by atoms with Gasteiger partial charge in [-0.3, -0.25) is 0 Å². The van der Waals surface area contributed by atoms with Crippen molar-refractivity contribution in [3.8, 4) is 16.8 Å². The molecule has 2 aliphatic heterocycles. The molecule has 0 radical (unpaired) electrons. The van der Waals surface area contributed by atoms with E-state index in [0.29, 0.717) is 0 Å². The topological polar surface area (TPSA) is 8.17 Å². The Hall–Kier alpha value is -5.92. The van der Waals surface area contributed by atoms with Gasteiger partial charge < -0.3 is 9.38 Å². The summed E-state index contributed by atoms with van der Waals surface area (Å²) < 4.78 is 10.7. The first-order valence-electron chi connectivity index (χ1n) is 21.8. The zero-order valence-electron chi connectivity index (χ0n) is 35.5. The minimum atomic E-state index is -0.0418. The summed E-state index contributed by atoms with van der Waals surface area (Å²) in [7, 11) is 0. The first-order valence-corrected chi connectivity index (χ1v) is 24.2. The molecule has 6 heterocycles. The maximum Gasteiger partial charge on any atom is 0.333 e. The lowest BCUT2D eigenvalue weighted by Crippen LogP contribution is -2.60.